The maximum atomic E-state index is 2.47. The predicted octanol–water partition coefficient (Wildman–Crippen LogP) is 17.1. The summed E-state index contributed by atoms with van der Waals surface area (Å²) in [5.41, 5.74) is 18.1. The van der Waals surface area contributed by atoms with Gasteiger partial charge in [-0.25, -0.2) is 0 Å². The Balaban J connectivity index is 1.31. The van der Waals surface area contributed by atoms with E-state index in [4.69, 9.17) is 0 Å². The number of nitrogens with zero attached hydrogens (tertiary/aromatic N) is 1. The summed E-state index contributed by atoms with van der Waals surface area (Å²) in [6.07, 6.45) is 0. The molecule has 0 aliphatic rings. The molecule has 1 aromatic heterocycles. The van der Waals surface area contributed by atoms with E-state index >= 15 is 0 Å². The number of para-hydroxylation sites is 2. The predicted molar refractivity (Wildman–Crippen MR) is 268 cm³/mol. The minimum absolute atomic E-state index is 1.14. The second kappa shape index (κ2) is 15.3. The topological polar surface area (TPSA) is 4.93 Å². The largest absolute Gasteiger partial charge is 0.309 e. The molecule has 12 aromatic rings. The van der Waals surface area contributed by atoms with Gasteiger partial charge in [0.1, 0.15) is 0 Å². The molecule has 12 rings (SSSR count). The van der Waals surface area contributed by atoms with Gasteiger partial charge in [-0.2, -0.15) is 0 Å². The Labute approximate surface area is 367 Å². The lowest BCUT2D eigenvalue weighted by atomic mass is 9.78. The number of benzene rings is 11. The molecule has 0 saturated carbocycles. The molecule has 1 heterocycles. The van der Waals surface area contributed by atoms with Crippen molar-refractivity contribution >= 4 is 43.4 Å². The lowest BCUT2D eigenvalue weighted by Gasteiger charge is -2.25. The van der Waals surface area contributed by atoms with Crippen LogP contribution in [0.4, 0.5) is 0 Å². The molecule has 294 valence electrons. The molecule has 63 heavy (non-hydrogen) atoms. The molecule has 1 heteroatoms. The molecular weight excluding hydrogens is 759 g/mol. The summed E-state index contributed by atoms with van der Waals surface area (Å²) in [6, 6.07) is 91.1. The van der Waals surface area contributed by atoms with Gasteiger partial charge in [-0.3, -0.25) is 0 Å². The van der Waals surface area contributed by atoms with E-state index in [1.54, 1.807) is 0 Å². The lowest BCUT2D eigenvalue weighted by Crippen LogP contribution is -1.99. The van der Waals surface area contributed by atoms with E-state index in [2.05, 4.69) is 253 Å². The van der Waals surface area contributed by atoms with E-state index in [1.807, 2.05) is 0 Å². The first kappa shape index (κ1) is 36.6. The van der Waals surface area contributed by atoms with E-state index in [-0.39, 0.29) is 0 Å². The average molecular weight is 800 g/mol. The Morgan fingerprint density at radius 3 is 1.10 bits per heavy atom. The maximum Gasteiger partial charge on any atom is 0.0553 e. The number of fused-ring (bicyclic) bond motifs is 5. The van der Waals surface area contributed by atoms with E-state index in [0.717, 1.165) is 5.69 Å². The number of hydrogen-bond acceptors (Lipinski definition) is 0. The van der Waals surface area contributed by atoms with Crippen LogP contribution in [0.3, 0.4) is 0 Å². The van der Waals surface area contributed by atoms with E-state index in [0.29, 0.717) is 0 Å². The molecule has 0 bridgehead atoms. The fourth-order valence-corrected chi connectivity index (χ4v) is 10.2. The molecule has 0 spiro atoms. The van der Waals surface area contributed by atoms with Gasteiger partial charge in [-0.05, 0) is 107 Å². The van der Waals surface area contributed by atoms with Gasteiger partial charge in [0.25, 0.3) is 0 Å². The molecule has 0 aliphatic heterocycles. The summed E-state index contributed by atoms with van der Waals surface area (Å²) in [5, 5.41) is 7.34. The van der Waals surface area contributed by atoms with Crippen LogP contribution in [0, 0.1) is 0 Å². The van der Waals surface area contributed by atoms with Gasteiger partial charge in [0.05, 0.1) is 11.0 Å². The third-order valence-electron chi connectivity index (χ3n) is 12.8. The highest BCUT2D eigenvalue weighted by atomic mass is 15.0. The fourth-order valence-electron chi connectivity index (χ4n) is 10.2. The van der Waals surface area contributed by atoms with Gasteiger partial charge in [0, 0.05) is 22.0 Å². The first-order valence-electron chi connectivity index (χ1n) is 21.8. The van der Waals surface area contributed by atoms with Gasteiger partial charge in [-0.1, -0.05) is 224 Å². The van der Waals surface area contributed by atoms with Crippen molar-refractivity contribution in [3.05, 3.63) is 249 Å². The Hall–Kier alpha value is -8.26. The zero-order chi connectivity index (χ0) is 41.7. The van der Waals surface area contributed by atoms with Crippen LogP contribution < -0.4 is 0 Å². The molecule has 0 atom stereocenters. The molecule has 0 aliphatic carbocycles. The summed E-state index contributed by atoms with van der Waals surface area (Å²) >= 11 is 0. The van der Waals surface area contributed by atoms with Crippen LogP contribution in [0.2, 0.25) is 0 Å². The molecule has 0 amide bonds. The van der Waals surface area contributed by atoms with E-state index < -0.39 is 0 Å². The minimum atomic E-state index is 1.14. The van der Waals surface area contributed by atoms with Gasteiger partial charge in [-0.15, -0.1) is 0 Å². The molecule has 0 saturated heterocycles. The van der Waals surface area contributed by atoms with Crippen LogP contribution in [0.1, 0.15) is 0 Å². The number of rotatable bonds is 7. The van der Waals surface area contributed by atoms with Crippen LogP contribution in [-0.4, -0.2) is 4.57 Å². The summed E-state index contributed by atoms with van der Waals surface area (Å²) < 4.78 is 2.46. The Bertz CT molecular complexity index is 3510. The second-order valence-electron chi connectivity index (χ2n) is 16.3. The van der Waals surface area contributed by atoms with Crippen molar-refractivity contribution in [3.8, 4) is 72.4 Å². The van der Waals surface area contributed by atoms with Gasteiger partial charge in [0.15, 0.2) is 0 Å². The summed E-state index contributed by atoms with van der Waals surface area (Å²) in [5.74, 6) is 0. The van der Waals surface area contributed by atoms with Gasteiger partial charge >= 0.3 is 0 Å². The minimum Gasteiger partial charge on any atom is -0.309 e. The van der Waals surface area contributed by atoms with Crippen molar-refractivity contribution < 1.29 is 0 Å². The average Bonchev–Trinajstić information content (AvgIpc) is 3.70. The Morgan fingerprint density at radius 2 is 0.603 bits per heavy atom. The third-order valence-corrected chi connectivity index (χ3v) is 12.8. The van der Waals surface area contributed by atoms with Crippen molar-refractivity contribution in [1.82, 2.24) is 4.57 Å². The standard InChI is InChI=1S/C62H41N/c1-6-23-42(24-7-1)47-38-22-39-48(43-25-8-2-9-26-43)58(47)59-49-33-16-18-35-51(49)60(52-36-19-17-34-50(52)59)62-54(44-27-10-3-11-28-44)41-56-61(57(62)45-29-12-4-13-30-45)53-37-20-21-40-55(53)63(56)46-31-14-5-15-32-46/h1-41H. The second-order valence-corrected chi connectivity index (χ2v) is 16.3. The molecule has 11 aromatic carbocycles. The number of hydrogen-bond donors (Lipinski definition) is 0. The monoisotopic (exact) mass is 799 g/mol. The lowest BCUT2D eigenvalue weighted by molar-refractivity contribution is 1.18. The van der Waals surface area contributed by atoms with Gasteiger partial charge in [0.2, 0.25) is 0 Å². The van der Waals surface area contributed by atoms with Crippen molar-refractivity contribution in [3.63, 3.8) is 0 Å². The Kier molecular flexibility index (Phi) is 8.90. The first-order chi connectivity index (χ1) is 31.3. The van der Waals surface area contributed by atoms with Crippen molar-refractivity contribution in [2.24, 2.45) is 0 Å². The zero-order valence-electron chi connectivity index (χ0n) is 34.6. The number of aromatic nitrogens is 1. The molecule has 0 unspecified atom stereocenters. The SMILES string of the molecule is c1ccc(-c2cccc(-c3ccccc3)c2-c2c3ccccc3c(-c3c(-c4ccccc4)cc4c(c3-c3ccccc3)c3ccccc3n4-c3ccccc3)c3ccccc23)cc1. The quantitative estimate of drug-likeness (QED) is 0.142. The highest BCUT2D eigenvalue weighted by molar-refractivity contribution is 6.29. The molecule has 1 nitrogen and oxygen atoms in total. The first-order valence-corrected chi connectivity index (χ1v) is 21.8. The summed E-state index contributed by atoms with van der Waals surface area (Å²) in [6.45, 7) is 0. The van der Waals surface area contributed by atoms with Crippen LogP contribution in [-0.2, 0) is 0 Å². The van der Waals surface area contributed by atoms with Crippen LogP contribution in [0.25, 0.3) is 116 Å². The Morgan fingerprint density at radius 1 is 0.222 bits per heavy atom. The fraction of sp³-hybridized carbons (Fsp3) is 0. The van der Waals surface area contributed by atoms with Crippen LogP contribution in [0.5, 0.6) is 0 Å². The summed E-state index contributed by atoms with van der Waals surface area (Å²) in [7, 11) is 0. The summed E-state index contributed by atoms with van der Waals surface area (Å²) in [4.78, 5) is 0. The van der Waals surface area contributed by atoms with Crippen molar-refractivity contribution in [1.29, 1.82) is 0 Å². The molecule has 0 N–H and O–H groups in total. The zero-order valence-corrected chi connectivity index (χ0v) is 34.6. The molecular formula is C62H41N. The molecule has 0 radical (unpaired) electrons. The van der Waals surface area contributed by atoms with Crippen LogP contribution in [0.15, 0.2) is 249 Å². The normalized spacial score (nSPS) is 11.5. The maximum absolute atomic E-state index is 2.47. The highest BCUT2D eigenvalue weighted by Crippen LogP contribution is 2.54. The van der Waals surface area contributed by atoms with E-state index in [1.165, 1.54) is 110 Å². The molecule has 0 fully saturated rings. The third kappa shape index (κ3) is 6.01. The highest BCUT2D eigenvalue weighted by Gasteiger charge is 2.28. The van der Waals surface area contributed by atoms with Crippen molar-refractivity contribution in [2.75, 3.05) is 0 Å². The smallest absolute Gasteiger partial charge is 0.0553 e. The van der Waals surface area contributed by atoms with Crippen LogP contribution >= 0.6 is 0 Å². The van der Waals surface area contributed by atoms with Gasteiger partial charge < -0.3 is 4.57 Å². The van der Waals surface area contributed by atoms with E-state index in [9.17, 15) is 0 Å². The van der Waals surface area contributed by atoms with Crippen molar-refractivity contribution in [2.45, 2.75) is 0 Å².